The first-order valence-electron chi connectivity index (χ1n) is 9.52. The van der Waals surface area contributed by atoms with Crippen LogP contribution in [0, 0.1) is 7.14 Å². The average molecular weight is 619 g/mol. The highest BCUT2D eigenvalue weighted by molar-refractivity contribution is 14.1. The Kier molecular flexibility index (Phi) is 6.83. The summed E-state index contributed by atoms with van der Waals surface area (Å²) in [4.78, 5) is 12.3. The van der Waals surface area contributed by atoms with Crippen molar-refractivity contribution in [1.82, 2.24) is 9.99 Å². The van der Waals surface area contributed by atoms with Crippen LogP contribution in [0.2, 0.25) is 0 Å². The molecule has 3 aromatic carbocycles. The summed E-state index contributed by atoms with van der Waals surface area (Å²) in [6.07, 6.45) is 5.70. The number of hydrogen-bond donors (Lipinski definition) is 1. The molecule has 0 saturated heterocycles. The van der Waals surface area contributed by atoms with Gasteiger partial charge in [-0.1, -0.05) is 36.4 Å². The molecule has 0 unspecified atom stereocenters. The van der Waals surface area contributed by atoms with Crippen LogP contribution in [0.1, 0.15) is 12.0 Å². The van der Waals surface area contributed by atoms with Gasteiger partial charge < -0.3 is 4.57 Å². The fraction of sp³-hybridized carbons (Fsp3) is 0.0833. The molecule has 0 spiro atoms. The summed E-state index contributed by atoms with van der Waals surface area (Å²) in [5.41, 5.74) is 5.99. The second kappa shape index (κ2) is 9.74. The maximum absolute atomic E-state index is 12.3. The Morgan fingerprint density at radius 1 is 0.933 bits per heavy atom. The second-order valence-corrected chi connectivity index (χ2v) is 9.30. The number of benzene rings is 3. The van der Waals surface area contributed by atoms with Gasteiger partial charge in [0.25, 0.3) is 0 Å². The van der Waals surface area contributed by atoms with Gasteiger partial charge in [-0.3, -0.25) is 4.79 Å². The minimum absolute atomic E-state index is 0.106. The molecule has 1 aromatic heterocycles. The first-order valence-corrected chi connectivity index (χ1v) is 11.7. The summed E-state index contributed by atoms with van der Waals surface area (Å²) in [5.74, 6) is -0.106. The minimum atomic E-state index is -0.106. The summed E-state index contributed by atoms with van der Waals surface area (Å²) < 4.78 is 4.62. The number of fused-ring (bicyclic) bond motifs is 3. The number of allylic oxidation sites excluding steroid dienone is 1. The zero-order valence-electron chi connectivity index (χ0n) is 16.1. The number of hydrogen-bond acceptors (Lipinski definition) is 2. The number of rotatable bonds is 6. The Hall–Kier alpha value is -2.20. The van der Waals surface area contributed by atoms with E-state index in [1.807, 2.05) is 42.5 Å². The van der Waals surface area contributed by atoms with Crippen molar-refractivity contribution in [3.05, 3.63) is 85.5 Å². The highest BCUT2D eigenvalue weighted by Gasteiger charge is 2.12. The molecule has 0 atom stereocenters. The number of amides is 1. The number of halogens is 2. The van der Waals surface area contributed by atoms with Gasteiger partial charge in [0.15, 0.2) is 0 Å². The van der Waals surface area contributed by atoms with Gasteiger partial charge in [-0.05, 0) is 93.2 Å². The van der Waals surface area contributed by atoms with E-state index in [0.717, 1.165) is 16.6 Å². The van der Waals surface area contributed by atoms with Crippen molar-refractivity contribution in [3.8, 4) is 0 Å². The summed E-state index contributed by atoms with van der Waals surface area (Å²) >= 11 is 4.68. The van der Waals surface area contributed by atoms with Crippen LogP contribution in [0.25, 0.3) is 27.9 Å². The lowest BCUT2D eigenvalue weighted by atomic mass is 10.2. The van der Waals surface area contributed by atoms with Crippen molar-refractivity contribution in [2.45, 2.75) is 13.0 Å². The normalized spacial score (nSPS) is 11.8. The molecule has 150 valence electrons. The molecule has 4 aromatic rings. The Bertz CT molecular complexity index is 1200. The Balaban J connectivity index is 1.45. The summed E-state index contributed by atoms with van der Waals surface area (Å²) in [5, 5.41) is 6.46. The summed E-state index contributed by atoms with van der Waals surface area (Å²) in [7, 11) is 0. The van der Waals surface area contributed by atoms with Crippen molar-refractivity contribution >= 4 is 85.2 Å². The number of aryl methyl sites for hydroxylation is 1. The first kappa shape index (κ1) is 21.0. The lowest BCUT2D eigenvalue weighted by Gasteiger charge is -2.07. The first-order chi connectivity index (χ1) is 14.6. The molecule has 0 radical (unpaired) electrons. The predicted octanol–water partition coefficient (Wildman–Crippen LogP) is 6.21. The zero-order chi connectivity index (χ0) is 20.9. The van der Waals surface area contributed by atoms with Crippen LogP contribution >= 0.6 is 45.2 Å². The van der Waals surface area contributed by atoms with Gasteiger partial charge in [-0.2, -0.15) is 5.10 Å². The van der Waals surface area contributed by atoms with Crippen LogP contribution in [-0.2, 0) is 11.3 Å². The van der Waals surface area contributed by atoms with Crippen molar-refractivity contribution in [3.63, 3.8) is 0 Å². The number of carbonyl (C=O) groups excluding carboxylic acids is 1. The van der Waals surface area contributed by atoms with E-state index >= 15 is 0 Å². The molecule has 0 aliphatic rings. The molecule has 4 rings (SSSR count). The van der Waals surface area contributed by atoms with Crippen LogP contribution in [-0.4, -0.2) is 16.7 Å². The number of carbonyl (C=O) groups is 1. The maximum atomic E-state index is 12.3. The van der Waals surface area contributed by atoms with E-state index in [0.29, 0.717) is 13.0 Å². The molecule has 1 N–H and O–H groups in total. The summed E-state index contributed by atoms with van der Waals surface area (Å²) in [6.45, 7) is 0.600. The van der Waals surface area contributed by atoms with Gasteiger partial charge in [0.05, 0.1) is 0 Å². The van der Waals surface area contributed by atoms with Crippen molar-refractivity contribution < 1.29 is 4.79 Å². The second-order valence-electron chi connectivity index (χ2n) is 6.81. The fourth-order valence-corrected chi connectivity index (χ4v) is 4.41. The number of aromatic nitrogens is 1. The molecule has 0 aliphatic heterocycles. The maximum Gasteiger partial charge on any atom is 0.241 e. The Morgan fingerprint density at radius 2 is 1.57 bits per heavy atom. The topological polar surface area (TPSA) is 46.4 Å². The van der Waals surface area contributed by atoms with Crippen LogP contribution < -0.4 is 5.43 Å². The number of nitrogens with one attached hydrogen (secondary N) is 1. The van der Waals surface area contributed by atoms with Gasteiger partial charge in [-0.15, -0.1) is 0 Å². The van der Waals surface area contributed by atoms with E-state index in [2.05, 4.69) is 96.7 Å². The standard InChI is InChI=1S/C24H19I2N3O/c25-18-8-10-22-20(15-18)21-16-19(26)9-11-23(21)29(22)14-12-24(30)28-27-13-4-7-17-5-2-1-3-6-17/h1-11,13,15-16H,12,14H2,(H,28,30). The molecule has 1 heterocycles. The highest BCUT2D eigenvalue weighted by atomic mass is 127. The Labute approximate surface area is 202 Å². The SMILES string of the molecule is O=C(CCn1c2ccc(I)cc2c2cc(I)ccc21)NN=CC=Cc1ccccc1. The zero-order valence-corrected chi connectivity index (χ0v) is 20.4. The third-order valence-electron chi connectivity index (χ3n) is 4.79. The lowest BCUT2D eigenvalue weighted by molar-refractivity contribution is -0.121. The van der Waals surface area contributed by atoms with Gasteiger partial charge in [0, 0.05) is 48.1 Å². The van der Waals surface area contributed by atoms with Crippen LogP contribution in [0.5, 0.6) is 0 Å². The molecule has 0 saturated carbocycles. The third-order valence-corrected chi connectivity index (χ3v) is 6.13. The van der Waals surface area contributed by atoms with E-state index in [9.17, 15) is 4.79 Å². The molecule has 0 fully saturated rings. The van der Waals surface area contributed by atoms with Gasteiger partial charge in [0.2, 0.25) is 5.91 Å². The van der Waals surface area contributed by atoms with E-state index < -0.39 is 0 Å². The van der Waals surface area contributed by atoms with E-state index in [4.69, 9.17) is 0 Å². The molecule has 30 heavy (non-hydrogen) atoms. The smallest absolute Gasteiger partial charge is 0.241 e. The molecular formula is C24H19I2N3O. The van der Waals surface area contributed by atoms with Crippen LogP contribution in [0.4, 0.5) is 0 Å². The lowest BCUT2D eigenvalue weighted by Crippen LogP contribution is -2.19. The predicted molar refractivity (Wildman–Crippen MR) is 142 cm³/mol. The van der Waals surface area contributed by atoms with E-state index in [-0.39, 0.29) is 5.91 Å². The van der Waals surface area contributed by atoms with Crippen molar-refractivity contribution in [2.24, 2.45) is 5.10 Å². The van der Waals surface area contributed by atoms with Crippen molar-refractivity contribution in [2.75, 3.05) is 0 Å². The van der Waals surface area contributed by atoms with Crippen LogP contribution in [0.15, 0.2) is 77.9 Å². The van der Waals surface area contributed by atoms with Gasteiger partial charge in [-0.25, -0.2) is 5.43 Å². The molecule has 0 bridgehead atoms. The minimum Gasteiger partial charge on any atom is -0.340 e. The largest absolute Gasteiger partial charge is 0.340 e. The summed E-state index contributed by atoms with van der Waals surface area (Å²) in [6, 6.07) is 22.8. The fourth-order valence-electron chi connectivity index (χ4n) is 3.43. The van der Waals surface area contributed by atoms with Crippen LogP contribution in [0.3, 0.4) is 0 Å². The average Bonchev–Trinajstić information content (AvgIpc) is 3.05. The number of nitrogens with zero attached hydrogens (tertiary/aromatic N) is 2. The van der Waals surface area contributed by atoms with Gasteiger partial charge >= 0.3 is 0 Å². The molecule has 4 nitrogen and oxygen atoms in total. The van der Waals surface area contributed by atoms with E-state index in [1.54, 1.807) is 6.21 Å². The number of hydrazone groups is 1. The molecule has 1 amide bonds. The highest BCUT2D eigenvalue weighted by Crippen LogP contribution is 2.31. The molecule has 6 heteroatoms. The van der Waals surface area contributed by atoms with E-state index in [1.165, 1.54) is 17.9 Å². The third kappa shape index (κ3) is 4.92. The quantitative estimate of drug-likeness (QED) is 0.156. The Morgan fingerprint density at radius 3 is 2.20 bits per heavy atom. The van der Waals surface area contributed by atoms with Crippen molar-refractivity contribution in [1.29, 1.82) is 0 Å². The van der Waals surface area contributed by atoms with Gasteiger partial charge in [0.1, 0.15) is 0 Å². The molecule has 0 aliphatic carbocycles. The monoisotopic (exact) mass is 619 g/mol. The molecular weight excluding hydrogens is 600 g/mol.